The highest BCUT2D eigenvalue weighted by molar-refractivity contribution is 6.62. The Morgan fingerprint density at radius 3 is 1.58 bits per heavy atom. The number of ether oxygens (including phenoxy) is 6. The summed E-state index contributed by atoms with van der Waals surface area (Å²) in [7, 11) is 5.67. The number of rotatable bonds is 16. The number of likely N-dealkylation sites (N-methyl/N-ethyl adjacent to an activating group) is 2. The molecule has 11 rings (SSSR count). The number of furan rings is 2. The molecule has 20 nitrogen and oxygen atoms in total. The van der Waals surface area contributed by atoms with E-state index in [0.29, 0.717) is 105 Å². The number of nitrogens with zero attached hydrogens (tertiary/aromatic N) is 6. The van der Waals surface area contributed by atoms with Gasteiger partial charge >= 0.3 is 7.12 Å². The maximum Gasteiger partial charge on any atom is 0.494 e. The number of aromatic nitrogens is 2. The van der Waals surface area contributed by atoms with Crippen LogP contribution in [0.4, 0.5) is 8.78 Å². The van der Waals surface area contributed by atoms with Crippen LogP contribution in [0.3, 0.4) is 0 Å². The fraction of sp³-hybridized carbons (Fsp3) is 0.364. The molecule has 0 radical (unpaired) electrons. The van der Waals surface area contributed by atoms with Gasteiger partial charge in [-0.3, -0.25) is 9.59 Å². The third-order valence-electron chi connectivity index (χ3n) is 15.9. The molecule has 470 valence electrons. The van der Waals surface area contributed by atoms with Crippen molar-refractivity contribution in [2.45, 2.75) is 76.8 Å². The molecule has 0 atom stereocenters. The van der Waals surface area contributed by atoms with E-state index in [1.165, 1.54) is 24.0 Å². The van der Waals surface area contributed by atoms with Gasteiger partial charge in [0.25, 0.3) is 11.8 Å². The normalized spacial score (nSPS) is 15.4. The molecule has 0 unspecified atom stereocenters. The van der Waals surface area contributed by atoms with Crippen LogP contribution in [0.25, 0.3) is 56.0 Å². The number of carbonyl (C=O) groups excluding carboxylic acids is 2. The first-order valence-electron chi connectivity index (χ1n) is 29.1. The molecular weight excluding hydrogens is 1190 g/mol. The number of aliphatic hydroxyl groups excluding tert-OH is 2. The lowest BCUT2D eigenvalue weighted by Crippen LogP contribution is -2.41. The predicted octanol–water partition coefficient (Wildman–Crippen LogP) is 10.6. The molecule has 8 aromatic rings. The standard InChI is InChI=1S/C30H28FN3O6.C18H24BNO4.C18H16ClFN2O4/c1-34(9-10-35)30(36)19-3-5-22(26(14-19)37-2)27-15-24-29(40-27)28(23(31)17-33-24)18-4-6-25(20(13-18)16-32)39-21-7-11-38-12-8-21;1-17(2)18(3,4)24-19(23-17)14-5-6-16(13(11-14)12-20)22-15-7-9-21-10-8-15;1-22(5-6-23)18(24)10-3-4-11(14(7-10)25-2)15-8-13-17(26-15)16(19)12(20)9-21-13/h3-6,13-15,17,21,35H,7-12H2,1-2H3;5-6,11,15H,7-10H2,1-4H3;3-4,7-9,23H,5-6H2,1-2H3. The van der Waals surface area contributed by atoms with Gasteiger partial charge in [-0.2, -0.15) is 10.5 Å². The predicted molar refractivity (Wildman–Crippen MR) is 331 cm³/mol. The van der Waals surface area contributed by atoms with Crippen LogP contribution in [0.1, 0.15) is 85.2 Å². The minimum absolute atomic E-state index is 0.0459. The zero-order chi connectivity index (χ0) is 64.4. The molecule has 0 saturated carbocycles. The topological polar surface area (TPSA) is 255 Å². The third-order valence-corrected chi connectivity index (χ3v) is 16.2. The van der Waals surface area contributed by atoms with E-state index in [-0.39, 0.29) is 77.6 Å². The summed E-state index contributed by atoms with van der Waals surface area (Å²) in [5.74, 6) is 0.809. The van der Waals surface area contributed by atoms with Crippen molar-refractivity contribution in [2.24, 2.45) is 0 Å². The van der Waals surface area contributed by atoms with Gasteiger partial charge in [0.2, 0.25) is 0 Å². The number of carbonyl (C=O) groups is 2. The van der Waals surface area contributed by atoms with Crippen LogP contribution in [0.15, 0.2) is 106 Å². The first kappa shape index (κ1) is 65.8. The van der Waals surface area contributed by atoms with Gasteiger partial charge < -0.3 is 66.6 Å². The van der Waals surface area contributed by atoms with E-state index < -0.39 is 30.0 Å². The summed E-state index contributed by atoms with van der Waals surface area (Å²) >= 11 is 5.92. The van der Waals surface area contributed by atoms with Crippen LogP contribution in [0.5, 0.6) is 23.0 Å². The Labute approximate surface area is 524 Å². The number of halogens is 3. The highest BCUT2D eigenvalue weighted by Gasteiger charge is 2.52. The van der Waals surface area contributed by atoms with Crippen LogP contribution in [0.2, 0.25) is 5.02 Å². The molecule has 4 aromatic heterocycles. The van der Waals surface area contributed by atoms with Gasteiger partial charge in [-0.15, -0.1) is 0 Å². The van der Waals surface area contributed by atoms with Crippen molar-refractivity contribution in [1.82, 2.24) is 19.8 Å². The summed E-state index contributed by atoms with van der Waals surface area (Å²) in [5, 5.41) is 37.2. The minimum atomic E-state index is -0.667. The fourth-order valence-electron chi connectivity index (χ4n) is 10.1. The zero-order valence-corrected chi connectivity index (χ0v) is 51.8. The number of nitriles is 2. The Kier molecular flexibility index (Phi) is 21.1. The summed E-state index contributed by atoms with van der Waals surface area (Å²) in [4.78, 5) is 36.0. The summed E-state index contributed by atoms with van der Waals surface area (Å²) in [6.45, 7) is 10.8. The molecule has 3 fully saturated rings. The summed E-state index contributed by atoms with van der Waals surface area (Å²) in [6, 6.07) is 27.9. The van der Waals surface area contributed by atoms with Crippen molar-refractivity contribution in [2.75, 3.05) is 81.0 Å². The van der Waals surface area contributed by atoms with Crippen molar-refractivity contribution in [3.63, 3.8) is 0 Å². The highest BCUT2D eigenvalue weighted by Crippen LogP contribution is 2.42. The van der Waals surface area contributed by atoms with Gasteiger partial charge in [-0.1, -0.05) is 23.7 Å². The van der Waals surface area contributed by atoms with Gasteiger partial charge in [0.05, 0.1) is 105 Å². The van der Waals surface area contributed by atoms with Gasteiger partial charge in [0.1, 0.15) is 74.9 Å². The zero-order valence-electron chi connectivity index (χ0n) is 51.1. The monoisotopic (exact) mass is 1250 g/mol. The quantitative estimate of drug-likeness (QED) is 0.0853. The molecule has 3 aliphatic heterocycles. The van der Waals surface area contributed by atoms with Crippen LogP contribution >= 0.6 is 11.6 Å². The lowest BCUT2D eigenvalue weighted by molar-refractivity contribution is 0.00578. The van der Waals surface area contributed by atoms with Crippen molar-refractivity contribution in [3.05, 3.63) is 136 Å². The third kappa shape index (κ3) is 14.7. The minimum Gasteiger partial charge on any atom is -0.496 e. The van der Waals surface area contributed by atoms with E-state index in [4.69, 9.17) is 68.4 Å². The van der Waals surface area contributed by atoms with E-state index in [2.05, 4.69) is 22.1 Å². The summed E-state index contributed by atoms with van der Waals surface area (Å²) in [6.07, 6.45) is 5.38. The second-order valence-corrected chi connectivity index (χ2v) is 22.8. The van der Waals surface area contributed by atoms with Gasteiger partial charge in [0, 0.05) is 76.1 Å². The average Bonchev–Trinajstić information content (AvgIpc) is 1.63. The van der Waals surface area contributed by atoms with Gasteiger partial charge in [0.15, 0.2) is 22.8 Å². The second kappa shape index (κ2) is 28.9. The maximum atomic E-state index is 15.2. The first-order chi connectivity index (χ1) is 43.2. The molecule has 90 heavy (non-hydrogen) atoms. The average molecular weight is 1250 g/mol. The smallest absolute Gasteiger partial charge is 0.494 e. The molecular formula is C66H68BClF2N6O14. The molecule has 0 aliphatic carbocycles. The second-order valence-electron chi connectivity index (χ2n) is 22.4. The van der Waals surface area contributed by atoms with E-state index in [1.54, 1.807) is 86.9 Å². The van der Waals surface area contributed by atoms with Gasteiger partial charge in [-0.25, -0.2) is 18.7 Å². The first-order valence-corrected chi connectivity index (χ1v) is 29.4. The largest absolute Gasteiger partial charge is 0.496 e. The molecule has 4 aromatic carbocycles. The van der Waals surface area contributed by atoms with Crippen molar-refractivity contribution < 1.29 is 75.1 Å². The highest BCUT2D eigenvalue weighted by atomic mass is 35.5. The van der Waals surface area contributed by atoms with Crippen molar-refractivity contribution in [3.8, 4) is 68.9 Å². The van der Waals surface area contributed by atoms with Crippen LogP contribution in [0, 0.1) is 34.3 Å². The molecule has 24 heteroatoms. The summed E-state index contributed by atoms with van der Waals surface area (Å²) < 4.78 is 86.3. The number of hydrogen-bond acceptors (Lipinski definition) is 18. The Morgan fingerprint density at radius 1 is 0.644 bits per heavy atom. The van der Waals surface area contributed by atoms with Crippen LogP contribution in [-0.2, 0) is 18.8 Å². The fourth-order valence-corrected chi connectivity index (χ4v) is 10.3. The number of benzene rings is 4. The Hall–Kier alpha value is -8.65. The number of fused-ring (bicyclic) bond motifs is 2. The van der Waals surface area contributed by atoms with Crippen LogP contribution in [-0.4, -0.2) is 153 Å². The molecule has 0 bridgehead atoms. The SMILES string of the molecule is CC1(C)OB(c2ccc(OC3CCOCC3)c(C#N)c2)OC1(C)C.COc1cc(C(=O)N(C)CCO)ccc1-c1cc2ncc(F)c(-c3ccc(OC4CCOCC4)c(C#N)c3)c2o1.COc1cc(C(=O)N(C)CCO)ccc1-c1cc2ncc(F)c(Cl)c2o1. The Bertz CT molecular complexity index is 3970. The van der Waals surface area contributed by atoms with E-state index in [1.807, 2.05) is 39.8 Å². The van der Waals surface area contributed by atoms with E-state index >= 15 is 4.39 Å². The lowest BCUT2D eigenvalue weighted by atomic mass is 9.78. The molecule has 3 aliphatic rings. The van der Waals surface area contributed by atoms with Crippen molar-refractivity contribution in [1.29, 1.82) is 10.5 Å². The maximum absolute atomic E-state index is 15.2. The molecule has 2 amide bonds. The van der Waals surface area contributed by atoms with Crippen LogP contribution < -0.4 is 24.4 Å². The van der Waals surface area contributed by atoms with E-state index in [0.717, 1.165) is 43.5 Å². The summed E-state index contributed by atoms with van der Waals surface area (Å²) in [5.41, 5.74) is 4.53. The number of aliphatic hydroxyl groups is 2. The van der Waals surface area contributed by atoms with E-state index in [9.17, 15) is 24.5 Å². The number of pyridine rings is 2. The Balaban J connectivity index is 0.000000168. The molecule has 7 heterocycles. The molecule has 3 saturated heterocycles. The molecule has 2 N–H and O–H groups in total. The number of methoxy groups -OCH3 is 2. The Morgan fingerprint density at radius 2 is 1.10 bits per heavy atom. The molecule has 0 spiro atoms. The number of amides is 2. The van der Waals surface area contributed by atoms with Crippen molar-refractivity contribution >= 4 is 58.2 Å². The van der Waals surface area contributed by atoms with Gasteiger partial charge in [-0.05, 0) is 99.4 Å². The number of hydrogen-bond donors (Lipinski definition) is 2. The lowest BCUT2D eigenvalue weighted by Gasteiger charge is -2.32.